The first-order valence-corrected chi connectivity index (χ1v) is 15.4. The molecule has 212 valence electrons. The highest BCUT2D eigenvalue weighted by atomic mass is 35.5. The summed E-state index contributed by atoms with van der Waals surface area (Å²) >= 11 is 6.48. The van der Waals surface area contributed by atoms with Gasteiger partial charge in [0, 0.05) is 31.5 Å². The molecular formula is C27H31ClN6O5S. The van der Waals surface area contributed by atoms with Crippen molar-refractivity contribution < 1.29 is 22.6 Å². The minimum Gasteiger partial charge on any atom is -0.486 e. The highest BCUT2D eigenvalue weighted by Crippen LogP contribution is 2.47. The molecule has 0 spiro atoms. The van der Waals surface area contributed by atoms with Crippen molar-refractivity contribution in [3.63, 3.8) is 0 Å². The zero-order valence-corrected chi connectivity index (χ0v) is 23.9. The van der Waals surface area contributed by atoms with Gasteiger partial charge >= 0.3 is 0 Å². The summed E-state index contributed by atoms with van der Waals surface area (Å²) in [6.07, 6.45) is 5.00. The molecule has 2 fully saturated rings. The molecule has 40 heavy (non-hydrogen) atoms. The molecule has 13 heteroatoms. The van der Waals surface area contributed by atoms with E-state index in [1.807, 2.05) is 6.07 Å². The summed E-state index contributed by atoms with van der Waals surface area (Å²) < 4.78 is 43.1. The topological polar surface area (TPSA) is 118 Å². The first-order chi connectivity index (χ1) is 19.3. The van der Waals surface area contributed by atoms with Crippen molar-refractivity contribution in [1.29, 1.82) is 0 Å². The number of ether oxygens (including phenoxy) is 3. The minimum absolute atomic E-state index is 0.273. The molecule has 0 amide bonds. The second-order valence-corrected chi connectivity index (χ2v) is 12.4. The molecule has 2 aromatic carbocycles. The van der Waals surface area contributed by atoms with Crippen molar-refractivity contribution in [1.82, 2.24) is 9.97 Å². The van der Waals surface area contributed by atoms with Crippen LogP contribution in [0.25, 0.3) is 0 Å². The lowest BCUT2D eigenvalue weighted by Gasteiger charge is -2.31. The summed E-state index contributed by atoms with van der Waals surface area (Å²) in [4.78, 5) is 11.4. The Hall–Kier alpha value is -3.48. The second-order valence-electron chi connectivity index (χ2n) is 10.0. The average Bonchev–Trinajstić information content (AvgIpc) is 3.80. The van der Waals surface area contributed by atoms with Gasteiger partial charge in [0.2, 0.25) is 16.0 Å². The van der Waals surface area contributed by atoms with Crippen LogP contribution in [0.15, 0.2) is 36.5 Å². The highest BCUT2D eigenvalue weighted by molar-refractivity contribution is 7.92. The molecule has 1 saturated carbocycles. The third-order valence-corrected chi connectivity index (χ3v) is 8.60. The number of halogens is 1. The summed E-state index contributed by atoms with van der Waals surface area (Å²) in [5.74, 6) is 2.02. The molecule has 0 radical (unpaired) electrons. The number of aromatic nitrogens is 2. The van der Waals surface area contributed by atoms with Gasteiger partial charge in [0.05, 0.1) is 31.4 Å². The van der Waals surface area contributed by atoms with Crippen molar-refractivity contribution in [3.8, 4) is 11.5 Å². The molecule has 3 aromatic rings. The van der Waals surface area contributed by atoms with E-state index in [9.17, 15) is 8.42 Å². The minimum atomic E-state index is -3.61. The fourth-order valence-corrected chi connectivity index (χ4v) is 5.55. The van der Waals surface area contributed by atoms with Crippen LogP contribution in [-0.2, 0) is 14.8 Å². The van der Waals surface area contributed by atoms with E-state index in [4.69, 9.17) is 25.8 Å². The molecule has 3 heterocycles. The number of nitrogens with one attached hydrogen (secondary N) is 2. The van der Waals surface area contributed by atoms with Crippen LogP contribution in [0.3, 0.4) is 0 Å². The van der Waals surface area contributed by atoms with Gasteiger partial charge in [0.1, 0.15) is 23.9 Å². The second kappa shape index (κ2) is 10.8. The molecule has 2 N–H and O–H groups in total. The van der Waals surface area contributed by atoms with E-state index in [1.54, 1.807) is 12.1 Å². The maximum atomic E-state index is 12.5. The summed E-state index contributed by atoms with van der Waals surface area (Å²) in [5.41, 5.74) is 4.20. The van der Waals surface area contributed by atoms with E-state index >= 15 is 0 Å². The summed E-state index contributed by atoms with van der Waals surface area (Å²) in [5, 5.41) is 6.76. The van der Waals surface area contributed by atoms with E-state index in [1.165, 1.54) is 37.3 Å². The van der Waals surface area contributed by atoms with Crippen molar-refractivity contribution in [2.75, 3.05) is 72.7 Å². The first-order valence-electron chi connectivity index (χ1n) is 13.2. The van der Waals surface area contributed by atoms with E-state index in [0.29, 0.717) is 53.8 Å². The maximum absolute atomic E-state index is 12.5. The third-order valence-electron chi connectivity index (χ3n) is 7.14. The standard InChI is InChI=1S/C27H31ClN6O5S/c1-33(40(2,35)36)24-21(6-8-23-25(24)39-14-13-38-23)31-26-20(28)16-29-27(32-26)30-18-5-7-22(19(15-18)17-3-4-17)34-9-11-37-12-10-34/h5-8,15-17H,3-4,9-14H2,1-2H3,(H2,29,30,31,32). The van der Waals surface area contributed by atoms with Crippen LogP contribution < -0.4 is 29.3 Å². The van der Waals surface area contributed by atoms with Crippen LogP contribution in [0.4, 0.5) is 34.5 Å². The lowest BCUT2D eigenvalue weighted by molar-refractivity contribution is 0.122. The number of rotatable bonds is 8. The SMILES string of the molecule is CN(c1c(Nc2nc(Nc3ccc(N4CCOCC4)c(C4CC4)c3)ncc2Cl)ccc2c1OCCO2)S(C)(=O)=O. The fraction of sp³-hybridized carbons (Fsp3) is 0.407. The molecule has 11 nitrogen and oxygen atoms in total. The van der Waals surface area contributed by atoms with Gasteiger partial charge in [-0.1, -0.05) is 11.6 Å². The molecule has 0 bridgehead atoms. The third kappa shape index (κ3) is 5.56. The number of sulfonamides is 1. The van der Waals surface area contributed by atoms with Crippen LogP contribution in [0.5, 0.6) is 11.5 Å². The molecule has 3 aliphatic rings. The lowest BCUT2D eigenvalue weighted by Crippen LogP contribution is -2.36. The van der Waals surface area contributed by atoms with Gasteiger partial charge in [-0.2, -0.15) is 4.98 Å². The van der Waals surface area contributed by atoms with E-state index in [2.05, 4.69) is 37.6 Å². The number of anilines is 6. The number of morpholine rings is 1. The van der Waals surface area contributed by atoms with Gasteiger partial charge in [-0.05, 0) is 54.7 Å². The Morgan fingerprint density at radius 1 is 1.05 bits per heavy atom. The Bertz CT molecular complexity index is 1530. The van der Waals surface area contributed by atoms with Crippen molar-refractivity contribution >= 4 is 56.1 Å². The van der Waals surface area contributed by atoms with Crippen LogP contribution >= 0.6 is 11.6 Å². The molecule has 2 aliphatic heterocycles. The number of fused-ring (bicyclic) bond motifs is 1. The Morgan fingerprint density at radius 2 is 1.82 bits per heavy atom. The van der Waals surface area contributed by atoms with Crippen molar-refractivity contribution in [2.24, 2.45) is 0 Å². The smallest absolute Gasteiger partial charge is 0.232 e. The van der Waals surface area contributed by atoms with Gasteiger partial charge in [-0.3, -0.25) is 4.31 Å². The van der Waals surface area contributed by atoms with Crippen LogP contribution in [0.1, 0.15) is 24.3 Å². The predicted molar refractivity (Wildman–Crippen MR) is 156 cm³/mol. The zero-order valence-electron chi connectivity index (χ0n) is 22.3. The molecule has 1 aliphatic carbocycles. The Kier molecular flexibility index (Phi) is 7.24. The largest absolute Gasteiger partial charge is 0.486 e. The molecule has 1 saturated heterocycles. The molecule has 6 rings (SSSR count). The van der Waals surface area contributed by atoms with Crippen LogP contribution in [-0.4, -0.2) is 71.2 Å². The number of nitrogens with zero attached hydrogens (tertiary/aromatic N) is 4. The van der Waals surface area contributed by atoms with E-state index in [0.717, 1.165) is 42.6 Å². The number of hydrogen-bond acceptors (Lipinski definition) is 10. The lowest BCUT2D eigenvalue weighted by atomic mass is 10.1. The highest BCUT2D eigenvalue weighted by Gasteiger charge is 2.29. The number of hydrogen-bond donors (Lipinski definition) is 2. The van der Waals surface area contributed by atoms with Gasteiger partial charge in [0.15, 0.2) is 17.3 Å². The van der Waals surface area contributed by atoms with Crippen molar-refractivity contribution in [3.05, 3.63) is 47.1 Å². The molecule has 1 aromatic heterocycles. The van der Waals surface area contributed by atoms with Gasteiger partial charge in [-0.15, -0.1) is 0 Å². The van der Waals surface area contributed by atoms with Crippen LogP contribution in [0, 0.1) is 0 Å². The zero-order chi connectivity index (χ0) is 27.9. The molecule has 0 unspecified atom stereocenters. The Labute approximate surface area is 238 Å². The van der Waals surface area contributed by atoms with E-state index in [-0.39, 0.29) is 5.02 Å². The van der Waals surface area contributed by atoms with Gasteiger partial charge < -0.3 is 29.7 Å². The molecule has 0 atom stereocenters. The van der Waals surface area contributed by atoms with Gasteiger partial charge in [-0.25, -0.2) is 13.4 Å². The monoisotopic (exact) mass is 586 g/mol. The van der Waals surface area contributed by atoms with Crippen molar-refractivity contribution in [2.45, 2.75) is 18.8 Å². The summed E-state index contributed by atoms with van der Waals surface area (Å²) in [6, 6.07) is 9.79. The first kappa shape index (κ1) is 26.7. The van der Waals surface area contributed by atoms with Crippen LogP contribution in [0.2, 0.25) is 5.02 Å². The fourth-order valence-electron chi connectivity index (χ4n) is 4.90. The predicted octanol–water partition coefficient (Wildman–Crippen LogP) is 4.50. The Morgan fingerprint density at radius 3 is 2.58 bits per heavy atom. The maximum Gasteiger partial charge on any atom is 0.232 e. The van der Waals surface area contributed by atoms with E-state index < -0.39 is 10.0 Å². The summed E-state index contributed by atoms with van der Waals surface area (Å²) in [6.45, 7) is 3.94. The van der Waals surface area contributed by atoms with Gasteiger partial charge in [0.25, 0.3) is 0 Å². The normalized spacial score (nSPS) is 16.9. The molecular weight excluding hydrogens is 556 g/mol. The summed E-state index contributed by atoms with van der Waals surface area (Å²) in [7, 11) is -2.15. The Balaban J connectivity index is 1.29. The number of benzene rings is 2. The average molecular weight is 587 g/mol. The quantitative estimate of drug-likeness (QED) is 0.390.